The van der Waals surface area contributed by atoms with E-state index in [0.29, 0.717) is 12.8 Å². The highest BCUT2D eigenvalue weighted by Crippen LogP contribution is 2.35. The van der Waals surface area contributed by atoms with Gasteiger partial charge in [-0.3, -0.25) is 0 Å². The molecule has 0 aliphatic heterocycles. The van der Waals surface area contributed by atoms with Crippen molar-refractivity contribution in [1.29, 1.82) is 0 Å². The van der Waals surface area contributed by atoms with Gasteiger partial charge in [-0.1, -0.05) is 46.0 Å². The van der Waals surface area contributed by atoms with Crippen molar-refractivity contribution < 1.29 is 14.7 Å². The molecule has 5 heteroatoms. The lowest BCUT2D eigenvalue weighted by Gasteiger charge is -2.40. The molecule has 0 heterocycles. The first kappa shape index (κ1) is 16.1. The normalized spacial score (nSPS) is 27.6. The topological polar surface area (TPSA) is 78.4 Å². The second-order valence-corrected chi connectivity index (χ2v) is 7.33. The lowest BCUT2D eigenvalue weighted by atomic mass is 9.73. The Kier molecular flexibility index (Phi) is 4.79. The second-order valence-electron chi connectivity index (χ2n) is 7.33. The Balaban J connectivity index is 1.98. The highest BCUT2D eigenvalue weighted by atomic mass is 16.4. The van der Waals surface area contributed by atoms with E-state index in [9.17, 15) is 14.7 Å². The van der Waals surface area contributed by atoms with Crippen LogP contribution in [0.3, 0.4) is 0 Å². The Morgan fingerprint density at radius 1 is 1.00 bits per heavy atom. The molecule has 0 aromatic rings. The molecule has 2 amide bonds. The molecule has 21 heavy (non-hydrogen) atoms. The van der Waals surface area contributed by atoms with E-state index in [1.807, 2.05) is 0 Å². The highest BCUT2D eigenvalue weighted by molar-refractivity contribution is 5.86. The third-order valence-electron chi connectivity index (χ3n) is 5.28. The van der Waals surface area contributed by atoms with Crippen molar-refractivity contribution >= 4 is 12.0 Å². The van der Waals surface area contributed by atoms with Gasteiger partial charge in [0.15, 0.2) is 0 Å². The average molecular weight is 296 g/mol. The standard InChI is InChI=1S/C16H28N2O3/c1-15(2)9-7-4-8-12(15)17-14(21)18-16(13(19)20)10-5-3-6-11-16/h12H,3-11H2,1-2H3,(H,19,20)(H2,17,18,21). The maximum Gasteiger partial charge on any atom is 0.329 e. The van der Waals surface area contributed by atoms with Crippen molar-refractivity contribution in [3.05, 3.63) is 0 Å². The SMILES string of the molecule is CC1(C)CCCCC1NC(=O)NC1(C(=O)O)CCCCC1. The van der Waals surface area contributed by atoms with Gasteiger partial charge in [-0.15, -0.1) is 0 Å². The van der Waals surface area contributed by atoms with Gasteiger partial charge in [0.2, 0.25) is 0 Å². The Labute approximate surface area is 126 Å². The van der Waals surface area contributed by atoms with Crippen LogP contribution >= 0.6 is 0 Å². The summed E-state index contributed by atoms with van der Waals surface area (Å²) in [4.78, 5) is 23.9. The minimum Gasteiger partial charge on any atom is -0.480 e. The molecule has 0 radical (unpaired) electrons. The first-order valence-corrected chi connectivity index (χ1v) is 8.18. The maximum atomic E-state index is 12.3. The van der Waals surface area contributed by atoms with Gasteiger partial charge in [-0.2, -0.15) is 0 Å². The lowest BCUT2D eigenvalue weighted by molar-refractivity contribution is -0.145. The number of amides is 2. The number of nitrogens with one attached hydrogen (secondary N) is 2. The quantitative estimate of drug-likeness (QED) is 0.749. The number of carbonyl (C=O) groups excluding carboxylic acids is 1. The van der Waals surface area contributed by atoms with E-state index in [4.69, 9.17) is 0 Å². The van der Waals surface area contributed by atoms with Crippen molar-refractivity contribution in [2.75, 3.05) is 0 Å². The summed E-state index contributed by atoms with van der Waals surface area (Å²) in [5, 5.41) is 15.3. The number of rotatable bonds is 3. The van der Waals surface area contributed by atoms with Crippen molar-refractivity contribution in [2.24, 2.45) is 5.41 Å². The molecule has 5 nitrogen and oxygen atoms in total. The van der Waals surface area contributed by atoms with Gasteiger partial charge in [0.25, 0.3) is 0 Å². The fourth-order valence-electron chi connectivity index (χ4n) is 3.72. The van der Waals surface area contributed by atoms with Crippen LogP contribution in [-0.2, 0) is 4.79 Å². The summed E-state index contributed by atoms with van der Waals surface area (Å²) in [5.41, 5.74) is -0.986. The van der Waals surface area contributed by atoms with Crippen LogP contribution < -0.4 is 10.6 Å². The van der Waals surface area contributed by atoms with Crippen molar-refractivity contribution in [2.45, 2.75) is 83.2 Å². The summed E-state index contributed by atoms with van der Waals surface area (Å²) in [7, 11) is 0. The zero-order valence-electron chi connectivity index (χ0n) is 13.2. The monoisotopic (exact) mass is 296 g/mol. The summed E-state index contributed by atoms with van der Waals surface area (Å²) in [6.45, 7) is 4.34. The first-order valence-electron chi connectivity index (χ1n) is 8.18. The molecule has 0 bridgehead atoms. The van der Waals surface area contributed by atoms with Gasteiger partial charge in [0.1, 0.15) is 5.54 Å². The van der Waals surface area contributed by atoms with Gasteiger partial charge in [0.05, 0.1) is 0 Å². The van der Waals surface area contributed by atoms with Crippen LogP contribution in [-0.4, -0.2) is 28.7 Å². The Morgan fingerprint density at radius 2 is 1.62 bits per heavy atom. The van der Waals surface area contributed by atoms with E-state index in [-0.39, 0.29) is 17.5 Å². The molecule has 2 fully saturated rings. The summed E-state index contributed by atoms with van der Waals surface area (Å²) >= 11 is 0. The molecule has 1 atom stereocenters. The Bertz CT molecular complexity index is 400. The van der Waals surface area contributed by atoms with E-state index in [1.54, 1.807) is 0 Å². The maximum absolute atomic E-state index is 12.3. The minimum absolute atomic E-state index is 0.0819. The molecule has 0 aromatic heterocycles. The largest absolute Gasteiger partial charge is 0.480 e. The van der Waals surface area contributed by atoms with E-state index in [1.165, 1.54) is 6.42 Å². The molecule has 120 valence electrons. The molecule has 2 rings (SSSR count). The summed E-state index contributed by atoms with van der Waals surface area (Å²) in [5.74, 6) is -0.903. The third-order valence-corrected chi connectivity index (χ3v) is 5.28. The van der Waals surface area contributed by atoms with Crippen LogP contribution in [0, 0.1) is 5.41 Å². The minimum atomic E-state index is -1.07. The summed E-state index contributed by atoms with van der Waals surface area (Å²) in [6.07, 6.45) is 8.23. The molecule has 0 saturated heterocycles. The van der Waals surface area contributed by atoms with Crippen LogP contribution in [0.5, 0.6) is 0 Å². The summed E-state index contributed by atoms with van der Waals surface area (Å²) < 4.78 is 0. The van der Waals surface area contributed by atoms with Crippen molar-refractivity contribution in [1.82, 2.24) is 10.6 Å². The van der Waals surface area contributed by atoms with E-state index < -0.39 is 11.5 Å². The predicted octanol–water partition coefficient (Wildman–Crippen LogP) is 3.04. The second kappa shape index (κ2) is 6.24. The molecule has 2 saturated carbocycles. The smallest absolute Gasteiger partial charge is 0.329 e. The van der Waals surface area contributed by atoms with Gasteiger partial charge in [0, 0.05) is 6.04 Å². The van der Waals surface area contributed by atoms with Crippen LogP contribution in [0.2, 0.25) is 0 Å². The van der Waals surface area contributed by atoms with Crippen LogP contribution in [0.4, 0.5) is 4.79 Å². The van der Waals surface area contributed by atoms with E-state index >= 15 is 0 Å². The molecule has 0 aromatic carbocycles. The van der Waals surface area contributed by atoms with Crippen molar-refractivity contribution in [3.8, 4) is 0 Å². The molecule has 3 N–H and O–H groups in total. The first-order chi connectivity index (χ1) is 9.86. The average Bonchev–Trinajstić information content (AvgIpc) is 2.42. The number of aliphatic carboxylic acids is 1. The zero-order chi connectivity index (χ0) is 15.5. The number of carbonyl (C=O) groups is 2. The number of carboxylic acids is 1. The molecular weight excluding hydrogens is 268 g/mol. The Hall–Kier alpha value is -1.26. The van der Waals surface area contributed by atoms with E-state index in [2.05, 4.69) is 24.5 Å². The number of carboxylic acid groups (broad SMARTS) is 1. The van der Waals surface area contributed by atoms with Gasteiger partial charge >= 0.3 is 12.0 Å². The molecule has 0 spiro atoms. The fourth-order valence-corrected chi connectivity index (χ4v) is 3.72. The summed E-state index contributed by atoms with van der Waals surface area (Å²) in [6, 6.07) is -0.194. The van der Waals surface area contributed by atoms with E-state index in [0.717, 1.165) is 38.5 Å². The number of hydrogen-bond donors (Lipinski definition) is 3. The number of urea groups is 1. The number of hydrogen-bond acceptors (Lipinski definition) is 2. The van der Waals surface area contributed by atoms with Gasteiger partial charge < -0.3 is 15.7 Å². The van der Waals surface area contributed by atoms with Crippen LogP contribution in [0.25, 0.3) is 0 Å². The molecule has 1 unspecified atom stereocenters. The van der Waals surface area contributed by atoms with Gasteiger partial charge in [-0.05, 0) is 31.1 Å². The molecular formula is C16H28N2O3. The van der Waals surface area contributed by atoms with Crippen molar-refractivity contribution in [3.63, 3.8) is 0 Å². The predicted molar refractivity (Wildman–Crippen MR) is 81.2 cm³/mol. The lowest BCUT2D eigenvalue weighted by Crippen LogP contribution is -2.60. The van der Waals surface area contributed by atoms with Crippen LogP contribution in [0.1, 0.15) is 71.6 Å². The third kappa shape index (κ3) is 3.69. The van der Waals surface area contributed by atoms with Crippen LogP contribution in [0.15, 0.2) is 0 Å². The zero-order valence-corrected chi connectivity index (χ0v) is 13.2. The van der Waals surface area contributed by atoms with Gasteiger partial charge in [-0.25, -0.2) is 9.59 Å². The molecule has 2 aliphatic rings. The Morgan fingerprint density at radius 3 is 2.19 bits per heavy atom. The highest BCUT2D eigenvalue weighted by Gasteiger charge is 2.42. The fraction of sp³-hybridized carbons (Fsp3) is 0.875. The molecule has 2 aliphatic carbocycles.